The van der Waals surface area contributed by atoms with E-state index in [4.69, 9.17) is 0 Å². The number of benzene rings is 2. The molecule has 162 valence electrons. The highest BCUT2D eigenvalue weighted by molar-refractivity contribution is 6.00. The molecule has 2 saturated carbocycles. The highest BCUT2D eigenvalue weighted by Gasteiger charge is 2.31. The van der Waals surface area contributed by atoms with Crippen molar-refractivity contribution < 1.29 is 9.59 Å². The minimum absolute atomic E-state index is 0.278. The zero-order chi connectivity index (χ0) is 21.2. The van der Waals surface area contributed by atoms with Crippen LogP contribution in [0.2, 0.25) is 0 Å². The fourth-order valence-electron chi connectivity index (χ4n) is 4.34. The summed E-state index contributed by atoms with van der Waals surface area (Å²) in [5.74, 6) is 1.17. The molecule has 0 bridgehead atoms. The van der Waals surface area contributed by atoms with Crippen LogP contribution >= 0.6 is 0 Å². The highest BCUT2D eigenvalue weighted by Crippen LogP contribution is 2.33. The number of Topliss-reactive ketones (excluding diaryl/α,β-unsaturated/α-hetero) is 2. The van der Waals surface area contributed by atoms with Crippen molar-refractivity contribution in [2.75, 3.05) is 49.5 Å². The van der Waals surface area contributed by atoms with E-state index in [1.807, 2.05) is 36.4 Å². The second-order valence-electron chi connectivity index (χ2n) is 9.16. The van der Waals surface area contributed by atoms with Gasteiger partial charge in [0, 0.05) is 73.6 Å². The Balaban J connectivity index is 1.04. The number of nitrogens with zero attached hydrogens (tertiary/aromatic N) is 2. The molecule has 0 amide bonds. The van der Waals surface area contributed by atoms with Crippen LogP contribution in [-0.2, 0) is 0 Å². The van der Waals surface area contributed by atoms with E-state index in [1.54, 1.807) is 0 Å². The molecule has 0 radical (unpaired) electrons. The van der Waals surface area contributed by atoms with Crippen LogP contribution in [0.4, 0.5) is 11.4 Å². The molecule has 1 aliphatic heterocycles. The highest BCUT2D eigenvalue weighted by atomic mass is 16.1. The second kappa shape index (κ2) is 8.83. The number of piperazine rings is 1. The van der Waals surface area contributed by atoms with Crippen molar-refractivity contribution in [3.63, 3.8) is 0 Å². The summed E-state index contributed by atoms with van der Waals surface area (Å²) in [7, 11) is 0. The molecule has 0 aromatic heterocycles. The van der Waals surface area contributed by atoms with Gasteiger partial charge in [0.15, 0.2) is 11.6 Å². The Morgan fingerprint density at radius 3 is 1.77 bits per heavy atom. The predicted octanol–water partition coefficient (Wildman–Crippen LogP) is 4.11. The number of nitrogens with one attached hydrogen (secondary N) is 1. The summed E-state index contributed by atoms with van der Waals surface area (Å²) in [5.41, 5.74) is 3.99. The van der Waals surface area contributed by atoms with E-state index in [1.165, 1.54) is 5.69 Å². The number of hydrogen-bond acceptors (Lipinski definition) is 5. The Morgan fingerprint density at radius 1 is 0.742 bits per heavy atom. The van der Waals surface area contributed by atoms with Gasteiger partial charge in [-0.3, -0.25) is 14.5 Å². The molecule has 1 N–H and O–H groups in total. The van der Waals surface area contributed by atoms with Crippen molar-refractivity contribution in [3.8, 4) is 0 Å². The smallest absolute Gasteiger partial charge is 0.165 e. The molecule has 5 nitrogen and oxygen atoms in total. The molecule has 0 atom stereocenters. The third-order valence-electron chi connectivity index (χ3n) is 6.71. The van der Waals surface area contributed by atoms with Crippen LogP contribution in [0.3, 0.4) is 0 Å². The molecule has 0 spiro atoms. The van der Waals surface area contributed by atoms with Crippen molar-refractivity contribution in [1.29, 1.82) is 0 Å². The summed E-state index contributed by atoms with van der Waals surface area (Å²) in [6.45, 7) is 6.00. The van der Waals surface area contributed by atoms with E-state index in [0.717, 1.165) is 81.8 Å². The number of anilines is 2. The first-order chi connectivity index (χ1) is 15.2. The van der Waals surface area contributed by atoms with Gasteiger partial charge in [0.05, 0.1) is 0 Å². The fourth-order valence-corrected chi connectivity index (χ4v) is 4.34. The van der Waals surface area contributed by atoms with Gasteiger partial charge in [0.2, 0.25) is 0 Å². The lowest BCUT2D eigenvalue weighted by Crippen LogP contribution is -2.47. The lowest BCUT2D eigenvalue weighted by molar-refractivity contribution is 0.0960. The molecule has 1 heterocycles. The Kier molecular flexibility index (Phi) is 5.77. The Labute approximate surface area is 184 Å². The molecule has 2 aromatic rings. The molecule has 2 aromatic carbocycles. The average molecular weight is 418 g/mol. The van der Waals surface area contributed by atoms with Gasteiger partial charge in [-0.05, 0) is 74.2 Å². The van der Waals surface area contributed by atoms with Crippen LogP contribution in [0.5, 0.6) is 0 Å². The van der Waals surface area contributed by atoms with Gasteiger partial charge in [-0.1, -0.05) is 0 Å². The van der Waals surface area contributed by atoms with Crippen LogP contribution < -0.4 is 10.2 Å². The van der Waals surface area contributed by atoms with Crippen molar-refractivity contribution in [3.05, 3.63) is 59.7 Å². The summed E-state index contributed by atoms with van der Waals surface area (Å²) in [4.78, 5) is 29.2. The van der Waals surface area contributed by atoms with Gasteiger partial charge in [0.1, 0.15) is 0 Å². The van der Waals surface area contributed by atoms with Gasteiger partial charge < -0.3 is 10.2 Å². The minimum atomic E-state index is 0.278. The normalized spacial score (nSPS) is 19.3. The van der Waals surface area contributed by atoms with E-state index < -0.39 is 0 Å². The number of carbonyl (C=O) groups excluding carboxylic acids is 2. The van der Waals surface area contributed by atoms with Gasteiger partial charge in [-0.2, -0.15) is 0 Å². The maximum atomic E-state index is 12.2. The SMILES string of the molecule is O=C(c1ccc(NCCN2CCN(c3ccc(C(=O)C4CC4)cc3)CC2)cc1)C1CC1. The first-order valence-electron chi connectivity index (χ1n) is 11.7. The van der Waals surface area contributed by atoms with Gasteiger partial charge >= 0.3 is 0 Å². The van der Waals surface area contributed by atoms with Gasteiger partial charge in [0.25, 0.3) is 0 Å². The average Bonchev–Trinajstić information content (AvgIpc) is 3.72. The summed E-state index contributed by atoms with van der Waals surface area (Å²) >= 11 is 0. The quantitative estimate of drug-likeness (QED) is 0.623. The van der Waals surface area contributed by atoms with Crippen molar-refractivity contribution in [2.24, 2.45) is 11.8 Å². The zero-order valence-corrected chi connectivity index (χ0v) is 18.1. The minimum Gasteiger partial charge on any atom is -0.384 e. The van der Waals surface area contributed by atoms with E-state index in [-0.39, 0.29) is 11.8 Å². The molecule has 3 aliphatic rings. The van der Waals surface area contributed by atoms with Crippen LogP contribution in [0, 0.1) is 11.8 Å². The maximum Gasteiger partial charge on any atom is 0.165 e. The third-order valence-corrected chi connectivity index (χ3v) is 6.71. The molecule has 2 aliphatic carbocycles. The lowest BCUT2D eigenvalue weighted by atomic mass is 10.1. The van der Waals surface area contributed by atoms with Crippen LogP contribution in [0.15, 0.2) is 48.5 Å². The number of ketones is 2. The Hall–Kier alpha value is -2.66. The monoisotopic (exact) mass is 417 g/mol. The largest absolute Gasteiger partial charge is 0.384 e. The molecule has 31 heavy (non-hydrogen) atoms. The number of carbonyl (C=O) groups is 2. The first kappa shape index (κ1) is 20.3. The Morgan fingerprint density at radius 2 is 1.26 bits per heavy atom. The number of rotatable bonds is 9. The molecule has 0 unspecified atom stereocenters. The van der Waals surface area contributed by atoms with Crippen molar-refractivity contribution in [1.82, 2.24) is 4.90 Å². The molecule has 1 saturated heterocycles. The third kappa shape index (κ3) is 4.99. The van der Waals surface area contributed by atoms with Crippen LogP contribution in [0.1, 0.15) is 46.4 Å². The summed E-state index contributed by atoms with van der Waals surface area (Å²) < 4.78 is 0. The van der Waals surface area contributed by atoms with Crippen LogP contribution in [0.25, 0.3) is 0 Å². The summed E-state index contributed by atoms with van der Waals surface area (Å²) in [6.07, 6.45) is 4.22. The van der Waals surface area contributed by atoms with Gasteiger partial charge in [-0.15, -0.1) is 0 Å². The van der Waals surface area contributed by atoms with Crippen molar-refractivity contribution >= 4 is 22.9 Å². The summed E-state index contributed by atoms with van der Waals surface area (Å²) in [5, 5.41) is 3.48. The van der Waals surface area contributed by atoms with E-state index in [9.17, 15) is 9.59 Å². The van der Waals surface area contributed by atoms with E-state index >= 15 is 0 Å². The molecular weight excluding hydrogens is 386 g/mol. The zero-order valence-electron chi connectivity index (χ0n) is 18.1. The first-order valence-corrected chi connectivity index (χ1v) is 11.7. The van der Waals surface area contributed by atoms with Crippen LogP contribution in [-0.4, -0.2) is 55.7 Å². The van der Waals surface area contributed by atoms with E-state index in [2.05, 4.69) is 27.2 Å². The second-order valence-corrected chi connectivity index (χ2v) is 9.16. The fraction of sp³-hybridized carbons (Fsp3) is 0.462. The number of hydrogen-bond donors (Lipinski definition) is 1. The molecular formula is C26H31N3O2. The molecule has 5 heteroatoms. The van der Waals surface area contributed by atoms with Gasteiger partial charge in [-0.25, -0.2) is 0 Å². The topological polar surface area (TPSA) is 52.7 Å². The summed E-state index contributed by atoms with van der Waals surface area (Å²) in [6, 6.07) is 16.1. The van der Waals surface area contributed by atoms with Crippen molar-refractivity contribution in [2.45, 2.75) is 25.7 Å². The molecule has 5 rings (SSSR count). The maximum absolute atomic E-state index is 12.2. The standard InChI is InChI=1S/C26H31N3O2/c30-25(19-1-2-19)21-5-9-23(10-6-21)27-13-14-28-15-17-29(18-16-28)24-11-7-22(8-12-24)26(31)20-3-4-20/h5-12,19-20,27H,1-4,13-18H2. The lowest BCUT2D eigenvalue weighted by Gasteiger charge is -2.36. The predicted molar refractivity (Wildman–Crippen MR) is 124 cm³/mol. The van der Waals surface area contributed by atoms with E-state index in [0.29, 0.717) is 11.6 Å². The molecule has 3 fully saturated rings. The Bertz CT molecular complexity index is 919.